The SMILES string of the molecule is CS(=O)(=O)Nc1cc([C@@H](O)CNC(Cc2ccccc2)c2ccncc2)ccc1O. The summed E-state index contributed by atoms with van der Waals surface area (Å²) >= 11 is 0. The van der Waals surface area contributed by atoms with Gasteiger partial charge in [0, 0.05) is 25.0 Å². The number of anilines is 1. The van der Waals surface area contributed by atoms with Gasteiger partial charge in [-0.15, -0.1) is 0 Å². The lowest BCUT2D eigenvalue weighted by Crippen LogP contribution is -2.28. The molecule has 158 valence electrons. The Hall–Kier alpha value is -2.94. The Morgan fingerprint density at radius 1 is 1.00 bits per heavy atom. The van der Waals surface area contributed by atoms with Crippen molar-refractivity contribution in [1.29, 1.82) is 0 Å². The van der Waals surface area contributed by atoms with Crippen molar-refractivity contribution in [2.45, 2.75) is 18.6 Å². The number of pyridine rings is 1. The number of benzene rings is 2. The fourth-order valence-electron chi connectivity index (χ4n) is 3.17. The van der Waals surface area contributed by atoms with Gasteiger partial charge in [-0.2, -0.15) is 0 Å². The standard InChI is InChI=1S/C22H25N3O4S/c1-30(28,29)25-20-14-18(7-8-21(20)26)22(27)15-24-19(17-9-11-23-12-10-17)13-16-5-3-2-4-6-16/h2-12,14,19,22,24-27H,13,15H2,1H3/t19?,22-/m0/s1. The van der Waals surface area contributed by atoms with Gasteiger partial charge in [0.05, 0.1) is 18.0 Å². The Bertz CT molecular complexity index is 1060. The van der Waals surface area contributed by atoms with Crippen molar-refractivity contribution in [3.63, 3.8) is 0 Å². The molecule has 0 saturated heterocycles. The van der Waals surface area contributed by atoms with Gasteiger partial charge in [-0.05, 0) is 47.4 Å². The first-order chi connectivity index (χ1) is 14.3. The zero-order valence-corrected chi connectivity index (χ0v) is 17.4. The van der Waals surface area contributed by atoms with Crippen LogP contribution in [0.1, 0.15) is 28.8 Å². The molecule has 3 aromatic rings. The van der Waals surface area contributed by atoms with Crippen LogP contribution in [-0.4, -0.2) is 36.4 Å². The molecule has 0 saturated carbocycles. The van der Waals surface area contributed by atoms with Gasteiger partial charge in [-0.1, -0.05) is 36.4 Å². The summed E-state index contributed by atoms with van der Waals surface area (Å²) < 4.78 is 25.2. The molecule has 0 aliphatic heterocycles. The fraction of sp³-hybridized carbons (Fsp3) is 0.227. The zero-order valence-electron chi connectivity index (χ0n) is 16.6. The molecular formula is C22H25N3O4S. The first kappa shape index (κ1) is 21.8. The third kappa shape index (κ3) is 6.28. The van der Waals surface area contributed by atoms with Gasteiger partial charge in [0.2, 0.25) is 10.0 Å². The second-order valence-corrected chi connectivity index (χ2v) is 8.85. The number of aromatic hydroxyl groups is 1. The average Bonchev–Trinajstić information content (AvgIpc) is 2.73. The Balaban J connectivity index is 1.74. The molecule has 2 atom stereocenters. The van der Waals surface area contributed by atoms with E-state index in [1.54, 1.807) is 18.5 Å². The molecule has 7 nitrogen and oxygen atoms in total. The molecule has 3 rings (SSSR count). The molecule has 0 bridgehead atoms. The molecule has 0 fully saturated rings. The van der Waals surface area contributed by atoms with Gasteiger partial charge in [0.25, 0.3) is 0 Å². The number of aromatic nitrogens is 1. The molecule has 0 aliphatic rings. The van der Waals surface area contributed by atoms with Gasteiger partial charge in [-0.25, -0.2) is 8.42 Å². The highest BCUT2D eigenvalue weighted by Gasteiger charge is 2.17. The van der Waals surface area contributed by atoms with Crippen molar-refractivity contribution in [3.8, 4) is 5.75 Å². The summed E-state index contributed by atoms with van der Waals surface area (Å²) in [5.74, 6) is -0.205. The minimum atomic E-state index is -3.55. The summed E-state index contributed by atoms with van der Waals surface area (Å²) in [5, 5.41) is 23.9. The molecule has 0 amide bonds. The van der Waals surface area contributed by atoms with Gasteiger partial charge in [-0.3, -0.25) is 9.71 Å². The van der Waals surface area contributed by atoms with Crippen LogP contribution in [0.4, 0.5) is 5.69 Å². The largest absolute Gasteiger partial charge is 0.506 e. The van der Waals surface area contributed by atoms with E-state index in [1.807, 2.05) is 30.3 Å². The van der Waals surface area contributed by atoms with Crippen LogP contribution in [0, 0.1) is 0 Å². The summed E-state index contributed by atoms with van der Waals surface area (Å²) in [7, 11) is -3.55. The number of rotatable bonds is 9. The van der Waals surface area contributed by atoms with Gasteiger partial charge in [0.15, 0.2) is 0 Å². The van der Waals surface area contributed by atoms with E-state index in [0.29, 0.717) is 5.56 Å². The maximum Gasteiger partial charge on any atom is 0.229 e. The Kier molecular flexibility index (Phi) is 7.04. The Morgan fingerprint density at radius 3 is 2.37 bits per heavy atom. The number of hydrogen-bond acceptors (Lipinski definition) is 6. The van der Waals surface area contributed by atoms with E-state index < -0.39 is 16.1 Å². The van der Waals surface area contributed by atoms with Crippen LogP contribution in [0.2, 0.25) is 0 Å². The smallest absolute Gasteiger partial charge is 0.229 e. The van der Waals surface area contributed by atoms with Crippen molar-refractivity contribution in [3.05, 3.63) is 89.7 Å². The van der Waals surface area contributed by atoms with E-state index in [1.165, 1.54) is 12.1 Å². The van der Waals surface area contributed by atoms with Crippen molar-refractivity contribution in [2.75, 3.05) is 17.5 Å². The maximum absolute atomic E-state index is 11.5. The molecule has 0 aliphatic carbocycles. The minimum Gasteiger partial charge on any atom is -0.506 e. The van der Waals surface area contributed by atoms with Crippen LogP contribution in [0.15, 0.2) is 73.1 Å². The molecular weight excluding hydrogens is 402 g/mol. The van der Waals surface area contributed by atoms with Gasteiger partial charge >= 0.3 is 0 Å². The number of nitrogens with one attached hydrogen (secondary N) is 2. The molecule has 1 heterocycles. The Labute approximate surface area is 176 Å². The molecule has 2 aromatic carbocycles. The number of hydrogen-bond donors (Lipinski definition) is 4. The topological polar surface area (TPSA) is 112 Å². The van der Waals surface area contributed by atoms with Crippen molar-refractivity contribution >= 4 is 15.7 Å². The number of phenolic OH excluding ortho intramolecular Hbond substituents is 1. The van der Waals surface area contributed by atoms with Crippen molar-refractivity contribution in [1.82, 2.24) is 10.3 Å². The van der Waals surface area contributed by atoms with Crippen LogP contribution < -0.4 is 10.0 Å². The molecule has 4 N–H and O–H groups in total. The average molecular weight is 428 g/mol. The van der Waals surface area contributed by atoms with E-state index in [9.17, 15) is 18.6 Å². The first-order valence-corrected chi connectivity index (χ1v) is 11.4. The first-order valence-electron chi connectivity index (χ1n) is 9.48. The van der Waals surface area contributed by atoms with Crippen LogP contribution in [0.5, 0.6) is 5.75 Å². The summed E-state index contributed by atoms with van der Waals surface area (Å²) in [6.45, 7) is 0.239. The van der Waals surface area contributed by atoms with E-state index in [0.717, 1.165) is 23.8 Å². The normalized spacial score (nSPS) is 13.5. The molecule has 1 aromatic heterocycles. The molecule has 1 unspecified atom stereocenters. The molecule has 8 heteroatoms. The van der Waals surface area contributed by atoms with Gasteiger partial charge < -0.3 is 15.5 Å². The number of phenols is 1. The zero-order chi connectivity index (χ0) is 21.6. The third-order valence-corrected chi connectivity index (χ3v) is 5.24. The van der Waals surface area contributed by atoms with E-state index >= 15 is 0 Å². The minimum absolute atomic E-state index is 0.0315. The monoisotopic (exact) mass is 427 g/mol. The number of aliphatic hydroxyl groups excluding tert-OH is 1. The molecule has 0 radical (unpaired) electrons. The van der Waals surface area contributed by atoms with Crippen LogP contribution in [-0.2, 0) is 16.4 Å². The highest BCUT2D eigenvalue weighted by Crippen LogP contribution is 2.28. The highest BCUT2D eigenvalue weighted by molar-refractivity contribution is 7.92. The lowest BCUT2D eigenvalue weighted by atomic mass is 9.99. The van der Waals surface area contributed by atoms with E-state index in [-0.39, 0.29) is 24.0 Å². The van der Waals surface area contributed by atoms with Gasteiger partial charge in [0.1, 0.15) is 5.75 Å². The highest BCUT2D eigenvalue weighted by atomic mass is 32.2. The van der Waals surface area contributed by atoms with E-state index in [4.69, 9.17) is 0 Å². The summed E-state index contributed by atoms with van der Waals surface area (Å²) in [5.41, 5.74) is 2.72. The van der Waals surface area contributed by atoms with Crippen LogP contribution in [0.25, 0.3) is 0 Å². The third-order valence-electron chi connectivity index (χ3n) is 4.65. The molecule has 30 heavy (non-hydrogen) atoms. The lowest BCUT2D eigenvalue weighted by molar-refractivity contribution is 0.169. The summed E-state index contributed by atoms with van der Waals surface area (Å²) in [6.07, 6.45) is 4.29. The number of aliphatic hydroxyl groups is 1. The number of nitrogens with zero attached hydrogens (tertiary/aromatic N) is 1. The maximum atomic E-state index is 11.5. The van der Waals surface area contributed by atoms with Crippen molar-refractivity contribution < 1.29 is 18.6 Å². The van der Waals surface area contributed by atoms with E-state index in [2.05, 4.69) is 27.2 Å². The predicted octanol–water partition coefficient (Wildman–Crippen LogP) is 2.77. The van der Waals surface area contributed by atoms with Crippen molar-refractivity contribution in [2.24, 2.45) is 0 Å². The quantitative estimate of drug-likeness (QED) is 0.391. The summed E-state index contributed by atoms with van der Waals surface area (Å²) in [4.78, 5) is 4.07. The second-order valence-electron chi connectivity index (χ2n) is 7.10. The summed E-state index contributed by atoms with van der Waals surface area (Å²) in [6, 6.07) is 18.2. The fourth-order valence-corrected chi connectivity index (χ4v) is 3.73. The van der Waals surface area contributed by atoms with Crippen LogP contribution >= 0.6 is 0 Å². The predicted molar refractivity (Wildman–Crippen MR) is 117 cm³/mol. The molecule has 0 spiro atoms. The number of sulfonamides is 1. The Morgan fingerprint density at radius 2 is 1.70 bits per heavy atom. The lowest BCUT2D eigenvalue weighted by Gasteiger charge is -2.22. The van der Waals surface area contributed by atoms with Crippen LogP contribution in [0.3, 0.4) is 0 Å². The second kappa shape index (κ2) is 9.71.